The standard InChI is InChI=1S/C11H14O3/c1-2-3-10(11(13)14)8-4-6-9(12)7-5-8/h4-7,10,12H,2-3H2,1H3,(H,13,14)/t10-/m0/s1. The number of phenols is 1. The number of aromatic hydroxyl groups is 1. The molecule has 0 bridgehead atoms. The highest BCUT2D eigenvalue weighted by Gasteiger charge is 2.18. The summed E-state index contributed by atoms with van der Waals surface area (Å²) in [5.41, 5.74) is 0.747. The first kappa shape index (κ1) is 10.6. The van der Waals surface area contributed by atoms with Crippen molar-refractivity contribution in [2.45, 2.75) is 25.7 Å². The fourth-order valence-electron chi connectivity index (χ4n) is 1.43. The maximum Gasteiger partial charge on any atom is 0.310 e. The molecular weight excluding hydrogens is 180 g/mol. The first-order valence-corrected chi connectivity index (χ1v) is 4.67. The number of hydrogen-bond donors (Lipinski definition) is 2. The van der Waals surface area contributed by atoms with Crippen molar-refractivity contribution in [3.63, 3.8) is 0 Å². The van der Waals surface area contributed by atoms with Crippen molar-refractivity contribution in [1.29, 1.82) is 0 Å². The van der Waals surface area contributed by atoms with E-state index in [2.05, 4.69) is 0 Å². The van der Waals surface area contributed by atoms with Gasteiger partial charge in [-0.1, -0.05) is 25.5 Å². The van der Waals surface area contributed by atoms with E-state index in [1.165, 1.54) is 12.1 Å². The van der Waals surface area contributed by atoms with Crippen molar-refractivity contribution in [3.05, 3.63) is 29.8 Å². The molecule has 3 nitrogen and oxygen atoms in total. The SMILES string of the molecule is CCC[C@H](C(=O)O)c1ccc(O)cc1. The van der Waals surface area contributed by atoms with Gasteiger partial charge in [-0.3, -0.25) is 4.79 Å². The summed E-state index contributed by atoms with van der Waals surface area (Å²) in [5.74, 6) is -1.10. The van der Waals surface area contributed by atoms with Gasteiger partial charge in [0.25, 0.3) is 0 Å². The molecule has 0 radical (unpaired) electrons. The molecule has 0 aliphatic heterocycles. The monoisotopic (exact) mass is 194 g/mol. The molecule has 0 fully saturated rings. The number of carboxylic acids is 1. The van der Waals surface area contributed by atoms with Gasteiger partial charge in [0.2, 0.25) is 0 Å². The first-order valence-electron chi connectivity index (χ1n) is 4.67. The number of hydrogen-bond acceptors (Lipinski definition) is 2. The molecule has 1 rings (SSSR count). The van der Waals surface area contributed by atoms with Crippen molar-refractivity contribution in [1.82, 2.24) is 0 Å². The van der Waals surface area contributed by atoms with Crippen molar-refractivity contribution in [2.75, 3.05) is 0 Å². The van der Waals surface area contributed by atoms with E-state index in [-0.39, 0.29) is 5.75 Å². The molecule has 0 spiro atoms. The third-order valence-electron chi connectivity index (χ3n) is 2.17. The molecule has 1 atom stereocenters. The Bertz CT molecular complexity index is 303. The molecule has 3 heteroatoms. The molecule has 1 aromatic rings. The molecule has 0 aliphatic carbocycles. The lowest BCUT2D eigenvalue weighted by molar-refractivity contribution is -0.139. The largest absolute Gasteiger partial charge is 0.508 e. The zero-order valence-corrected chi connectivity index (χ0v) is 8.10. The van der Waals surface area contributed by atoms with Crippen LogP contribution in [0.5, 0.6) is 5.75 Å². The van der Waals surface area contributed by atoms with E-state index in [4.69, 9.17) is 10.2 Å². The van der Waals surface area contributed by atoms with Crippen LogP contribution >= 0.6 is 0 Å². The Balaban J connectivity index is 2.87. The molecule has 0 heterocycles. The van der Waals surface area contributed by atoms with E-state index in [0.29, 0.717) is 6.42 Å². The van der Waals surface area contributed by atoms with Crippen LogP contribution in [0, 0.1) is 0 Å². The van der Waals surface area contributed by atoms with Crippen LogP contribution in [-0.4, -0.2) is 16.2 Å². The summed E-state index contributed by atoms with van der Waals surface area (Å²) in [7, 11) is 0. The molecule has 0 saturated heterocycles. The smallest absolute Gasteiger partial charge is 0.310 e. The number of benzene rings is 1. The van der Waals surface area contributed by atoms with Crippen LogP contribution in [0.1, 0.15) is 31.2 Å². The van der Waals surface area contributed by atoms with Crippen LogP contribution in [0.4, 0.5) is 0 Å². The normalized spacial score (nSPS) is 12.4. The lowest BCUT2D eigenvalue weighted by Crippen LogP contribution is -2.10. The van der Waals surface area contributed by atoms with Gasteiger partial charge in [-0.15, -0.1) is 0 Å². The second-order valence-corrected chi connectivity index (χ2v) is 3.27. The third kappa shape index (κ3) is 2.49. The lowest BCUT2D eigenvalue weighted by Gasteiger charge is -2.11. The van der Waals surface area contributed by atoms with Crippen molar-refractivity contribution < 1.29 is 15.0 Å². The molecule has 0 aliphatic rings. The Morgan fingerprint density at radius 2 is 1.93 bits per heavy atom. The summed E-state index contributed by atoms with van der Waals surface area (Å²) in [6, 6.07) is 6.34. The van der Waals surface area contributed by atoms with Crippen LogP contribution < -0.4 is 0 Å². The van der Waals surface area contributed by atoms with E-state index in [9.17, 15) is 4.79 Å². The second kappa shape index (κ2) is 4.65. The van der Waals surface area contributed by atoms with Gasteiger partial charge >= 0.3 is 5.97 Å². The van der Waals surface area contributed by atoms with Gasteiger partial charge in [0, 0.05) is 0 Å². The zero-order chi connectivity index (χ0) is 10.6. The molecule has 0 amide bonds. The maximum absolute atomic E-state index is 10.9. The number of carboxylic acid groups (broad SMARTS) is 1. The highest BCUT2D eigenvalue weighted by Crippen LogP contribution is 2.23. The average molecular weight is 194 g/mol. The summed E-state index contributed by atoms with van der Waals surface area (Å²) < 4.78 is 0. The number of phenolic OH excluding ortho intramolecular Hbond substituents is 1. The zero-order valence-electron chi connectivity index (χ0n) is 8.10. The van der Waals surface area contributed by atoms with E-state index in [1.807, 2.05) is 6.92 Å². The average Bonchev–Trinajstić information content (AvgIpc) is 2.15. The summed E-state index contributed by atoms with van der Waals surface area (Å²) in [6.45, 7) is 1.95. The van der Waals surface area contributed by atoms with E-state index in [1.54, 1.807) is 12.1 Å². The lowest BCUT2D eigenvalue weighted by atomic mass is 9.95. The van der Waals surface area contributed by atoms with Crippen LogP contribution in [0.25, 0.3) is 0 Å². The molecule has 1 aromatic carbocycles. The number of rotatable bonds is 4. The van der Waals surface area contributed by atoms with Crippen LogP contribution in [-0.2, 0) is 4.79 Å². The van der Waals surface area contributed by atoms with Gasteiger partial charge in [-0.2, -0.15) is 0 Å². The highest BCUT2D eigenvalue weighted by molar-refractivity contribution is 5.76. The molecule has 0 saturated carbocycles. The fraction of sp³-hybridized carbons (Fsp3) is 0.364. The Labute approximate surface area is 83.0 Å². The summed E-state index contributed by atoms with van der Waals surface area (Å²) in [6.07, 6.45) is 1.46. The van der Waals surface area contributed by atoms with Crippen LogP contribution in [0.2, 0.25) is 0 Å². The van der Waals surface area contributed by atoms with Gasteiger partial charge in [-0.05, 0) is 24.1 Å². The molecule has 2 N–H and O–H groups in total. The summed E-state index contributed by atoms with van der Waals surface area (Å²) >= 11 is 0. The topological polar surface area (TPSA) is 57.5 Å². The first-order chi connectivity index (χ1) is 6.65. The Morgan fingerprint density at radius 3 is 2.36 bits per heavy atom. The highest BCUT2D eigenvalue weighted by atomic mass is 16.4. The summed E-state index contributed by atoms with van der Waals surface area (Å²) in [4.78, 5) is 10.9. The molecular formula is C11H14O3. The minimum Gasteiger partial charge on any atom is -0.508 e. The van der Waals surface area contributed by atoms with Crippen molar-refractivity contribution >= 4 is 5.97 Å². The van der Waals surface area contributed by atoms with Crippen molar-refractivity contribution in [3.8, 4) is 5.75 Å². The minimum absolute atomic E-state index is 0.161. The predicted octanol–water partition coefficient (Wildman–Crippen LogP) is 2.36. The number of aliphatic carboxylic acids is 1. The van der Waals surface area contributed by atoms with Gasteiger partial charge in [-0.25, -0.2) is 0 Å². The Morgan fingerprint density at radius 1 is 1.36 bits per heavy atom. The molecule has 0 unspecified atom stereocenters. The summed E-state index contributed by atoms with van der Waals surface area (Å²) in [5, 5.41) is 18.0. The number of carbonyl (C=O) groups is 1. The third-order valence-corrected chi connectivity index (χ3v) is 2.17. The van der Waals surface area contributed by atoms with E-state index in [0.717, 1.165) is 12.0 Å². The second-order valence-electron chi connectivity index (χ2n) is 3.27. The predicted molar refractivity (Wildman–Crippen MR) is 53.4 cm³/mol. The fourth-order valence-corrected chi connectivity index (χ4v) is 1.43. The quantitative estimate of drug-likeness (QED) is 0.773. The van der Waals surface area contributed by atoms with Crippen LogP contribution in [0.3, 0.4) is 0 Å². The van der Waals surface area contributed by atoms with Gasteiger partial charge < -0.3 is 10.2 Å². The Kier molecular flexibility index (Phi) is 3.51. The van der Waals surface area contributed by atoms with Gasteiger partial charge in [0.1, 0.15) is 5.75 Å². The molecule has 76 valence electrons. The molecule has 0 aromatic heterocycles. The maximum atomic E-state index is 10.9. The van der Waals surface area contributed by atoms with E-state index >= 15 is 0 Å². The minimum atomic E-state index is -0.808. The van der Waals surface area contributed by atoms with E-state index < -0.39 is 11.9 Å². The Hall–Kier alpha value is -1.51. The van der Waals surface area contributed by atoms with Crippen molar-refractivity contribution in [2.24, 2.45) is 0 Å². The van der Waals surface area contributed by atoms with Crippen LogP contribution in [0.15, 0.2) is 24.3 Å². The molecule has 14 heavy (non-hydrogen) atoms. The van der Waals surface area contributed by atoms with Gasteiger partial charge in [0.05, 0.1) is 5.92 Å². The van der Waals surface area contributed by atoms with Gasteiger partial charge in [0.15, 0.2) is 0 Å².